The second-order valence-corrected chi connectivity index (χ2v) is 9.56. The van der Waals surface area contributed by atoms with E-state index in [1.807, 2.05) is 36.1 Å². The Morgan fingerprint density at radius 3 is 2.60 bits per heavy atom. The van der Waals surface area contributed by atoms with Crippen molar-refractivity contribution in [2.24, 2.45) is 0 Å². The molecule has 2 bridgehead atoms. The topological polar surface area (TPSA) is 44.8 Å². The average Bonchev–Trinajstić information content (AvgIpc) is 3.24. The van der Waals surface area contributed by atoms with Gasteiger partial charge in [0.2, 0.25) is 0 Å². The second kappa shape index (κ2) is 11.0. The molecule has 2 heterocycles. The van der Waals surface area contributed by atoms with Crippen LogP contribution in [0.3, 0.4) is 0 Å². The quantitative estimate of drug-likeness (QED) is 0.530. The molecule has 1 N–H and O–H groups in total. The summed E-state index contributed by atoms with van der Waals surface area (Å²) in [5.74, 6) is 0.800. The first-order valence-electron chi connectivity index (χ1n) is 12.8. The Kier molecular flexibility index (Phi) is 7.34. The van der Waals surface area contributed by atoms with Crippen LogP contribution in [0.4, 0.5) is 5.69 Å². The number of hydrogen-bond donors (Lipinski definition) is 1. The zero-order valence-electron chi connectivity index (χ0n) is 20.5. The van der Waals surface area contributed by atoms with Crippen molar-refractivity contribution in [2.45, 2.75) is 51.4 Å². The number of nitrogens with one attached hydrogen (secondary N) is 1. The highest BCUT2D eigenvalue weighted by Gasteiger charge is 2.35. The highest BCUT2D eigenvalue weighted by Crippen LogP contribution is 2.31. The molecular weight excluding hydrogens is 434 g/mol. The minimum Gasteiger partial charge on any atom is -0.494 e. The van der Waals surface area contributed by atoms with Gasteiger partial charge in [-0.15, -0.1) is 0 Å². The SMILES string of the molecule is CCOc1cccc(C(=O)N2Cc3ccccc3NCC[C@@H]3CC[C@H](C2)N3Cc2ccccc2)c1. The lowest BCUT2D eigenvalue weighted by Gasteiger charge is -2.34. The molecule has 5 nitrogen and oxygen atoms in total. The van der Waals surface area contributed by atoms with Crippen molar-refractivity contribution < 1.29 is 9.53 Å². The monoisotopic (exact) mass is 469 g/mol. The molecule has 3 aromatic rings. The third-order valence-electron chi connectivity index (χ3n) is 7.26. The number of carbonyl (C=O) groups is 1. The van der Waals surface area contributed by atoms with Crippen LogP contribution in [0.1, 0.15) is 47.7 Å². The number of rotatable bonds is 5. The summed E-state index contributed by atoms with van der Waals surface area (Å²) in [6.45, 7) is 5.70. The maximum Gasteiger partial charge on any atom is 0.254 e. The predicted octanol–water partition coefficient (Wildman–Crippen LogP) is 5.58. The Hall–Kier alpha value is -3.31. The highest BCUT2D eigenvalue weighted by molar-refractivity contribution is 5.94. The van der Waals surface area contributed by atoms with Crippen LogP contribution in [0.5, 0.6) is 5.75 Å². The van der Waals surface area contributed by atoms with Gasteiger partial charge in [-0.2, -0.15) is 0 Å². The minimum absolute atomic E-state index is 0.0590. The van der Waals surface area contributed by atoms with Gasteiger partial charge in [-0.1, -0.05) is 54.6 Å². The molecule has 2 aliphatic rings. The Morgan fingerprint density at radius 1 is 0.943 bits per heavy atom. The molecule has 0 saturated carbocycles. The molecular formula is C30H35N3O2. The van der Waals surface area contributed by atoms with Crippen LogP contribution < -0.4 is 10.1 Å². The molecule has 1 fully saturated rings. The van der Waals surface area contributed by atoms with Crippen LogP contribution in [0.25, 0.3) is 0 Å². The predicted molar refractivity (Wildman–Crippen MR) is 141 cm³/mol. The lowest BCUT2D eigenvalue weighted by molar-refractivity contribution is 0.0663. The van der Waals surface area contributed by atoms with Crippen molar-refractivity contribution in [3.63, 3.8) is 0 Å². The molecule has 0 aromatic heterocycles. The van der Waals surface area contributed by atoms with Gasteiger partial charge in [-0.25, -0.2) is 0 Å². The fourth-order valence-electron chi connectivity index (χ4n) is 5.52. The second-order valence-electron chi connectivity index (χ2n) is 9.56. The number of hydrogen-bond acceptors (Lipinski definition) is 4. The van der Waals surface area contributed by atoms with Gasteiger partial charge in [0.15, 0.2) is 0 Å². The zero-order valence-corrected chi connectivity index (χ0v) is 20.5. The van der Waals surface area contributed by atoms with Gasteiger partial charge in [0.1, 0.15) is 5.75 Å². The Morgan fingerprint density at radius 2 is 1.74 bits per heavy atom. The van der Waals surface area contributed by atoms with E-state index in [0.29, 0.717) is 30.8 Å². The Balaban J connectivity index is 1.47. The van der Waals surface area contributed by atoms with Crippen molar-refractivity contribution >= 4 is 11.6 Å². The molecule has 2 aliphatic heterocycles. The first-order chi connectivity index (χ1) is 17.2. The Labute approximate surface area is 208 Å². The first kappa shape index (κ1) is 23.4. The number of fused-ring (bicyclic) bond motifs is 3. The molecule has 1 saturated heterocycles. The molecule has 0 aliphatic carbocycles. The molecule has 0 radical (unpaired) electrons. The van der Waals surface area contributed by atoms with Crippen molar-refractivity contribution in [3.8, 4) is 5.75 Å². The number of carbonyl (C=O) groups excluding carboxylic acids is 1. The van der Waals surface area contributed by atoms with Crippen LogP contribution >= 0.6 is 0 Å². The highest BCUT2D eigenvalue weighted by atomic mass is 16.5. The summed E-state index contributed by atoms with van der Waals surface area (Å²) in [6, 6.07) is 27.6. The van der Waals surface area contributed by atoms with Crippen LogP contribution in [0, 0.1) is 0 Å². The molecule has 5 rings (SSSR count). The standard InChI is InChI=1S/C30H35N3O2/c1-2-35-28-13-8-12-24(19-28)30(34)32-21-25-11-6-7-14-29(25)31-18-17-26-15-16-27(22-32)33(26)20-23-9-4-3-5-10-23/h3-14,19,26-27,31H,2,15-18,20-22H2,1H3/t26-,27+/m0/s1. The lowest BCUT2D eigenvalue weighted by Crippen LogP contribution is -2.44. The van der Waals surface area contributed by atoms with E-state index in [1.165, 1.54) is 12.0 Å². The maximum atomic E-state index is 13.9. The van der Waals surface area contributed by atoms with Gasteiger partial charge in [0.25, 0.3) is 5.91 Å². The van der Waals surface area contributed by atoms with Gasteiger partial charge in [0.05, 0.1) is 6.61 Å². The zero-order chi connectivity index (χ0) is 24.0. The van der Waals surface area contributed by atoms with E-state index in [2.05, 4.69) is 64.8 Å². The number of nitrogens with zero attached hydrogens (tertiary/aromatic N) is 2. The van der Waals surface area contributed by atoms with Crippen LogP contribution in [-0.2, 0) is 13.1 Å². The van der Waals surface area contributed by atoms with Gasteiger partial charge in [-0.05, 0) is 61.6 Å². The molecule has 2 atom stereocenters. The van der Waals surface area contributed by atoms with Crippen LogP contribution in [-0.4, -0.2) is 47.5 Å². The number of ether oxygens (including phenoxy) is 1. The molecule has 0 unspecified atom stereocenters. The van der Waals surface area contributed by atoms with Crippen LogP contribution in [0.2, 0.25) is 0 Å². The molecule has 35 heavy (non-hydrogen) atoms. The van der Waals surface area contributed by atoms with E-state index >= 15 is 0 Å². The van der Waals surface area contributed by atoms with E-state index in [9.17, 15) is 4.79 Å². The fourth-order valence-corrected chi connectivity index (χ4v) is 5.52. The Bertz CT molecular complexity index is 1130. The smallest absolute Gasteiger partial charge is 0.254 e. The van der Waals surface area contributed by atoms with E-state index in [0.717, 1.165) is 49.5 Å². The molecule has 182 valence electrons. The average molecular weight is 470 g/mol. The van der Waals surface area contributed by atoms with Crippen LogP contribution in [0.15, 0.2) is 78.9 Å². The van der Waals surface area contributed by atoms with E-state index in [1.54, 1.807) is 0 Å². The normalized spacial score (nSPS) is 20.4. The number of para-hydroxylation sites is 1. The summed E-state index contributed by atoms with van der Waals surface area (Å²) in [5.41, 5.74) is 4.30. The summed E-state index contributed by atoms with van der Waals surface area (Å²) < 4.78 is 5.68. The van der Waals surface area contributed by atoms with E-state index in [-0.39, 0.29) is 5.91 Å². The third kappa shape index (κ3) is 5.51. The van der Waals surface area contributed by atoms with E-state index in [4.69, 9.17) is 4.74 Å². The maximum absolute atomic E-state index is 13.9. The molecule has 3 aromatic carbocycles. The van der Waals surface area contributed by atoms with Crippen molar-refractivity contribution in [2.75, 3.05) is 25.0 Å². The molecule has 1 amide bonds. The van der Waals surface area contributed by atoms with Gasteiger partial charge in [0, 0.05) is 49.5 Å². The minimum atomic E-state index is 0.0590. The largest absolute Gasteiger partial charge is 0.494 e. The van der Waals surface area contributed by atoms with E-state index < -0.39 is 0 Å². The summed E-state index contributed by atoms with van der Waals surface area (Å²) in [4.78, 5) is 18.6. The van der Waals surface area contributed by atoms with Gasteiger partial charge >= 0.3 is 0 Å². The molecule has 5 heteroatoms. The van der Waals surface area contributed by atoms with Gasteiger partial charge < -0.3 is 15.0 Å². The van der Waals surface area contributed by atoms with Crippen molar-refractivity contribution in [3.05, 3.63) is 95.6 Å². The fraction of sp³-hybridized carbons (Fsp3) is 0.367. The van der Waals surface area contributed by atoms with Crippen molar-refractivity contribution in [1.82, 2.24) is 9.80 Å². The number of amides is 1. The first-order valence-corrected chi connectivity index (χ1v) is 12.8. The number of anilines is 1. The number of benzene rings is 3. The summed E-state index contributed by atoms with van der Waals surface area (Å²) in [7, 11) is 0. The summed E-state index contributed by atoms with van der Waals surface area (Å²) >= 11 is 0. The lowest BCUT2D eigenvalue weighted by atomic mass is 10.1. The summed E-state index contributed by atoms with van der Waals surface area (Å²) in [6.07, 6.45) is 3.38. The summed E-state index contributed by atoms with van der Waals surface area (Å²) in [5, 5.41) is 3.67. The third-order valence-corrected chi connectivity index (χ3v) is 7.26. The molecule has 0 spiro atoms. The van der Waals surface area contributed by atoms with Crippen molar-refractivity contribution in [1.29, 1.82) is 0 Å². The van der Waals surface area contributed by atoms with Gasteiger partial charge in [-0.3, -0.25) is 9.69 Å².